The Morgan fingerprint density at radius 1 is 0.494 bits per heavy atom. The van der Waals surface area contributed by atoms with Crippen LogP contribution in [0.3, 0.4) is 0 Å². The van der Waals surface area contributed by atoms with Crippen molar-refractivity contribution in [3.63, 3.8) is 0 Å². The highest BCUT2D eigenvalue weighted by Crippen LogP contribution is 2.49. The van der Waals surface area contributed by atoms with Crippen LogP contribution in [0.15, 0.2) is 205 Å². The third-order valence-electron chi connectivity index (χ3n) is 15.1. The summed E-state index contributed by atoms with van der Waals surface area (Å²) < 4.78 is 0. The smallest absolute Gasteiger partial charge is 0.257 e. The topological polar surface area (TPSA) is 149 Å². The molecule has 376 valence electrons. The molecule has 10 heteroatoms. The summed E-state index contributed by atoms with van der Waals surface area (Å²) in [6.07, 6.45) is 13.2. The molecule has 1 amide bonds. The van der Waals surface area contributed by atoms with Gasteiger partial charge in [-0.25, -0.2) is 9.97 Å². The first-order chi connectivity index (χ1) is 38.7. The molecule has 0 fully saturated rings. The molecule has 4 aliphatic rings. The Labute approximate surface area is 457 Å². The van der Waals surface area contributed by atoms with E-state index in [1.807, 2.05) is 72.8 Å². The van der Waals surface area contributed by atoms with E-state index >= 15 is 0 Å². The zero-order valence-corrected chi connectivity index (χ0v) is 43.4. The van der Waals surface area contributed by atoms with Gasteiger partial charge in [0, 0.05) is 68.3 Å². The van der Waals surface area contributed by atoms with Crippen molar-refractivity contribution in [3.8, 4) is 67.8 Å². The second kappa shape index (κ2) is 19.7. The number of hydrogen-bond donors (Lipinski definition) is 4. The van der Waals surface area contributed by atoms with Gasteiger partial charge in [0.2, 0.25) is 0 Å². The summed E-state index contributed by atoms with van der Waals surface area (Å²) in [5, 5.41) is 25.9. The van der Waals surface area contributed by atoms with Crippen LogP contribution < -0.4 is 10.7 Å². The van der Waals surface area contributed by atoms with Gasteiger partial charge < -0.3 is 20.7 Å². The number of benzene rings is 6. The Morgan fingerprint density at radius 3 is 1.28 bits per heavy atom. The standard InChI is InChI=1S/C69H49N9O/c1-41-12-18-44(19-13-41)64-55-28-30-57(74-55)65(45-20-14-42(2)15-21-45)59-32-34-61(76-59)67(62-35-33-60(77-62)66(58-31-29-56(64)75-58)46-22-16-43(3)17-23-46)47-24-26-49(27-25-47)73-69(79)48-36-37-72-78(40-48)63(39-71)54(38-70)68-52-10-6-4-8-50(52)51-9-5-7-11-53(51)68/h4-37,40,68,72,74,77H,1-3H3,(H,73,79)/b63-54+,64-55?,64-56?,65-57?,65-59?,66-58?,66-60?,67-61?,67-62?. The molecule has 79 heavy (non-hydrogen) atoms. The molecule has 10 nitrogen and oxygen atoms in total. The highest BCUT2D eigenvalue weighted by Gasteiger charge is 2.34. The lowest BCUT2D eigenvalue weighted by Gasteiger charge is -2.25. The quantitative estimate of drug-likeness (QED) is 0.111. The van der Waals surface area contributed by atoms with Crippen LogP contribution in [-0.2, 0) is 4.79 Å². The molecular weight excluding hydrogens is 971 g/mol. The SMILES string of the molecule is Cc1ccc(-c2c3nc(c(-c4ccc(C)cc4)c4ccc([nH]4)c(-c4ccc(NC(=O)C5=CN(/C(C#N)=C(\C#N)C6c7ccccc7-c7ccccc76)NC=C5)cc4)c4nc(c(-c5ccc(C)cc5)c5ccc2[nH]5)C=C4)C=C3)cc1. The van der Waals surface area contributed by atoms with Crippen LogP contribution in [0.2, 0.25) is 0 Å². The van der Waals surface area contributed by atoms with Gasteiger partial charge in [0.25, 0.3) is 5.91 Å². The van der Waals surface area contributed by atoms with Crippen molar-refractivity contribution in [2.24, 2.45) is 0 Å². The van der Waals surface area contributed by atoms with Crippen LogP contribution in [0.1, 0.15) is 56.5 Å². The summed E-state index contributed by atoms with van der Waals surface area (Å²) in [4.78, 5) is 32.8. The zero-order chi connectivity index (χ0) is 53.7. The van der Waals surface area contributed by atoms with Crippen molar-refractivity contribution >= 4 is 58.0 Å². The summed E-state index contributed by atoms with van der Waals surface area (Å²) in [5.74, 6) is -0.852. The summed E-state index contributed by atoms with van der Waals surface area (Å²) in [6.45, 7) is 6.29. The highest BCUT2D eigenvalue weighted by atomic mass is 16.1. The molecule has 3 aliphatic heterocycles. The minimum atomic E-state index is -0.458. The van der Waals surface area contributed by atoms with Crippen molar-refractivity contribution in [2.45, 2.75) is 26.7 Å². The highest BCUT2D eigenvalue weighted by molar-refractivity contribution is 6.06. The molecule has 6 heterocycles. The summed E-state index contributed by atoms with van der Waals surface area (Å²) >= 11 is 0. The number of fused-ring (bicyclic) bond motifs is 11. The van der Waals surface area contributed by atoms with Gasteiger partial charge in [0.1, 0.15) is 6.07 Å². The monoisotopic (exact) mass is 1020 g/mol. The number of nitriles is 2. The zero-order valence-electron chi connectivity index (χ0n) is 43.4. The Balaban J connectivity index is 0.926. The van der Waals surface area contributed by atoms with Crippen molar-refractivity contribution in [3.05, 3.63) is 256 Å². The molecule has 3 aromatic heterocycles. The number of carbonyl (C=O) groups excluding carboxylic acids is 1. The summed E-state index contributed by atoms with van der Waals surface area (Å²) in [7, 11) is 0. The lowest BCUT2D eigenvalue weighted by molar-refractivity contribution is -0.112. The van der Waals surface area contributed by atoms with Crippen LogP contribution >= 0.6 is 0 Å². The Bertz CT molecular complexity index is 4330. The molecule has 1 aliphatic carbocycles. The number of aryl methyl sites for hydroxylation is 3. The van der Waals surface area contributed by atoms with Gasteiger partial charge in [-0.2, -0.15) is 10.5 Å². The number of allylic oxidation sites excluding steroid dienone is 2. The number of nitrogens with zero attached hydrogens (tertiary/aromatic N) is 5. The Morgan fingerprint density at radius 2 is 0.886 bits per heavy atom. The molecule has 6 aromatic carbocycles. The van der Waals surface area contributed by atoms with Gasteiger partial charge in [-0.3, -0.25) is 9.80 Å². The second-order valence-electron chi connectivity index (χ2n) is 20.1. The third kappa shape index (κ3) is 8.70. The number of amides is 1. The third-order valence-corrected chi connectivity index (χ3v) is 15.1. The minimum absolute atomic E-state index is 0.0902. The predicted molar refractivity (Wildman–Crippen MR) is 318 cm³/mol. The number of nitrogens with one attached hydrogen (secondary N) is 4. The van der Waals surface area contributed by atoms with Gasteiger partial charge in [0.05, 0.1) is 40.0 Å². The van der Waals surface area contributed by atoms with Crippen molar-refractivity contribution < 1.29 is 4.79 Å². The van der Waals surface area contributed by atoms with E-state index in [1.54, 1.807) is 18.5 Å². The fourth-order valence-corrected chi connectivity index (χ4v) is 11.2. The van der Waals surface area contributed by atoms with Gasteiger partial charge in [0.15, 0.2) is 5.70 Å². The largest absolute Gasteiger partial charge is 0.354 e. The van der Waals surface area contributed by atoms with Gasteiger partial charge in [-0.15, -0.1) is 0 Å². The van der Waals surface area contributed by atoms with Crippen LogP contribution in [-0.4, -0.2) is 30.9 Å². The molecule has 4 N–H and O–H groups in total. The van der Waals surface area contributed by atoms with E-state index < -0.39 is 11.8 Å². The number of anilines is 1. The Kier molecular flexibility index (Phi) is 11.9. The number of H-pyrrole nitrogens is 2. The number of aromatic amines is 2. The molecular formula is C69H49N9O. The van der Waals surface area contributed by atoms with Crippen LogP contribution in [0.4, 0.5) is 5.69 Å². The van der Waals surface area contributed by atoms with E-state index in [-0.39, 0.29) is 16.8 Å². The summed E-state index contributed by atoms with van der Waals surface area (Å²) in [6, 6.07) is 62.5. The normalized spacial score (nSPS) is 13.4. The molecule has 0 atom stereocenters. The maximum Gasteiger partial charge on any atom is 0.257 e. The average molecular weight is 1020 g/mol. The van der Waals surface area contributed by atoms with Gasteiger partial charge in [-0.05, 0) is 132 Å². The first-order valence-corrected chi connectivity index (χ1v) is 26.1. The lowest BCUT2D eigenvalue weighted by atomic mass is 9.88. The maximum absolute atomic E-state index is 14.2. The minimum Gasteiger partial charge on any atom is -0.354 e. The van der Waals surface area contributed by atoms with E-state index in [1.165, 1.54) is 10.6 Å². The number of carbonyl (C=O) groups is 1. The molecule has 8 bridgehead atoms. The Hall–Kier alpha value is -10.8. The number of hydrogen-bond acceptors (Lipinski definition) is 7. The number of hydrazine groups is 1. The van der Waals surface area contributed by atoms with Crippen LogP contribution in [0.25, 0.3) is 102 Å². The first kappa shape index (κ1) is 47.9. The number of rotatable bonds is 8. The van der Waals surface area contributed by atoms with E-state index in [4.69, 9.17) is 9.97 Å². The fourth-order valence-electron chi connectivity index (χ4n) is 11.2. The second-order valence-corrected chi connectivity index (χ2v) is 20.1. The molecule has 0 spiro atoms. The van der Waals surface area contributed by atoms with E-state index in [0.717, 1.165) is 123 Å². The van der Waals surface area contributed by atoms with Crippen molar-refractivity contribution in [2.75, 3.05) is 5.32 Å². The predicted octanol–water partition coefficient (Wildman–Crippen LogP) is 15.5. The van der Waals surface area contributed by atoms with Crippen LogP contribution in [0, 0.1) is 43.4 Å². The molecule has 13 rings (SSSR count). The van der Waals surface area contributed by atoms with Gasteiger partial charge >= 0.3 is 0 Å². The maximum atomic E-state index is 14.2. The molecule has 0 saturated carbocycles. The van der Waals surface area contributed by atoms with Gasteiger partial charge in [-0.1, -0.05) is 150 Å². The first-order valence-electron chi connectivity index (χ1n) is 26.1. The van der Waals surface area contributed by atoms with Crippen molar-refractivity contribution in [1.29, 1.82) is 10.5 Å². The summed E-state index contributed by atoms with van der Waals surface area (Å²) in [5.41, 5.74) is 26.3. The van der Waals surface area contributed by atoms with Crippen LogP contribution in [0.5, 0.6) is 0 Å². The van der Waals surface area contributed by atoms with E-state index in [9.17, 15) is 15.3 Å². The molecule has 0 unspecified atom stereocenters. The number of aromatic nitrogens is 4. The van der Waals surface area contributed by atoms with E-state index in [2.05, 4.69) is 175 Å². The average Bonchev–Trinajstić information content (AvgIpc) is 4.56. The fraction of sp³-hybridized carbons (Fsp3) is 0.0580. The molecule has 0 radical (unpaired) electrons. The molecule has 0 saturated heterocycles. The van der Waals surface area contributed by atoms with E-state index in [0.29, 0.717) is 5.69 Å². The lowest BCUT2D eigenvalue weighted by Crippen LogP contribution is -2.33. The van der Waals surface area contributed by atoms with Crippen molar-refractivity contribution in [1.82, 2.24) is 30.4 Å². The molecule has 9 aromatic rings.